The number of carbonyl (C=O) groups excluding carboxylic acids is 4. The number of hydrogen-bond acceptors (Lipinski definition) is 9. The lowest BCUT2D eigenvalue weighted by Gasteiger charge is -2.48. The van der Waals surface area contributed by atoms with Gasteiger partial charge in [-0.3, -0.25) is 19.2 Å². The lowest BCUT2D eigenvalue weighted by molar-refractivity contribution is -0.201. The van der Waals surface area contributed by atoms with Gasteiger partial charge in [0, 0.05) is 11.8 Å². The molecule has 3 fully saturated rings. The molecule has 6 atom stereocenters. The summed E-state index contributed by atoms with van der Waals surface area (Å²) in [5.74, 6) is -8.04. The summed E-state index contributed by atoms with van der Waals surface area (Å²) in [6.45, 7) is 0. The SMILES string of the molecule is COC(=O)C1C(O)C(C(=O)OC)C2C3CCCCC3C1C2(C(=O)OC)C(=O)OC. The van der Waals surface area contributed by atoms with Crippen molar-refractivity contribution in [3.05, 3.63) is 0 Å². The average molecular weight is 412 g/mol. The molecule has 3 saturated carbocycles. The Hall–Kier alpha value is -2.16. The minimum absolute atomic E-state index is 0.236. The molecule has 3 aliphatic carbocycles. The van der Waals surface area contributed by atoms with Gasteiger partial charge in [-0.15, -0.1) is 0 Å². The van der Waals surface area contributed by atoms with E-state index in [-0.39, 0.29) is 11.8 Å². The molecular weight excluding hydrogens is 384 g/mol. The first-order valence-corrected chi connectivity index (χ1v) is 9.83. The van der Waals surface area contributed by atoms with Gasteiger partial charge in [-0.1, -0.05) is 12.8 Å². The van der Waals surface area contributed by atoms with E-state index in [1.165, 1.54) is 14.2 Å². The molecule has 0 saturated heterocycles. The standard InChI is InChI=1S/C20H28O9/c1-26-16(22)11-13-9-7-5-6-8-10(9)14(12(15(11)21)17(23)27-2)20(13,18(24)28-3)19(25)29-4/h9-15,21H,5-8H2,1-4H3. The van der Waals surface area contributed by atoms with Crippen molar-refractivity contribution >= 4 is 23.9 Å². The smallest absolute Gasteiger partial charge is 0.323 e. The van der Waals surface area contributed by atoms with Gasteiger partial charge in [0.2, 0.25) is 0 Å². The number of carbonyl (C=O) groups is 4. The van der Waals surface area contributed by atoms with Crippen LogP contribution in [0.2, 0.25) is 0 Å². The molecule has 2 bridgehead atoms. The lowest BCUT2D eigenvalue weighted by Crippen LogP contribution is -2.63. The van der Waals surface area contributed by atoms with Crippen LogP contribution in [0.3, 0.4) is 0 Å². The minimum Gasteiger partial charge on any atom is -0.469 e. The van der Waals surface area contributed by atoms with Crippen LogP contribution in [0.1, 0.15) is 25.7 Å². The zero-order valence-corrected chi connectivity index (χ0v) is 17.1. The predicted octanol–water partition coefficient (Wildman–Crippen LogP) is 0.324. The number of methoxy groups -OCH3 is 4. The molecule has 0 aliphatic heterocycles. The van der Waals surface area contributed by atoms with Gasteiger partial charge in [0.05, 0.1) is 46.4 Å². The number of aliphatic hydroxyl groups excluding tert-OH is 1. The first kappa shape index (κ1) is 21.5. The Morgan fingerprint density at radius 2 is 1.10 bits per heavy atom. The van der Waals surface area contributed by atoms with Gasteiger partial charge in [-0.25, -0.2) is 0 Å². The van der Waals surface area contributed by atoms with Crippen LogP contribution < -0.4 is 0 Å². The van der Waals surface area contributed by atoms with Crippen LogP contribution in [0.4, 0.5) is 0 Å². The second kappa shape index (κ2) is 7.93. The third-order valence-electron chi connectivity index (χ3n) is 7.35. The summed E-state index contributed by atoms with van der Waals surface area (Å²) in [6, 6.07) is 0. The molecule has 0 radical (unpaired) electrons. The summed E-state index contributed by atoms with van der Waals surface area (Å²) in [7, 11) is 4.64. The molecule has 0 aromatic rings. The van der Waals surface area contributed by atoms with Crippen LogP contribution in [0.5, 0.6) is 0 Å². The molecule has 9 heteroatoms. The van der Waals surface area contributed by atoms with Crippen LogP contribution in [-0.4, -0.2) is 63.5 Å². The maximum Gasteiger partial charge on any atom is 0.323 e. The zero-order chi connectivity index (χ0) is 21.5. The Bertz CT molecular complexity index is 644. The molecule has 3 rings (SSSR count). The number of fused-ring (bicyclic) bond motifs is 5. The van der Waals surface area contributed by atoms with Crippen molar-refractivity contribution in [1.29, 1.82) is 0 Å². The van der Waals surface area contributed by atoms with E-state index in [1.54, 1.807) is 0 Å². The molecule has 162 valence electrons. The third kappa shape index (κ3) is 2.77. The molecule has 1 N–H and O–H groups in total. The number of hydrogen-bond donors (Lipinski definition) is 1. The molecule has 0 amide bonds. The Labute approximate surface area is 169 Å². The van der Waals surface area contributed by atoms with Crippen LogP contribution in [0, 0.1) is 40.9 Å². The number of ether oxygens (including phenoxy) is 4. The van der Waals surface area contributed by atoms with Crippen molar-refractivity contribution in [2.45, 2.75) is 31.8 Å². The van der Waals surface area contributed by atoms with Gasteiger partial charge in [0.25, 0.3) is 0 Å². The zero-order valence-electron chi connectivity index (χ0n) is 17.1. The lowest BCUT2D eigenvalue weighted by atomic mass is 9.54. The monoisotopic (exact) mass is 412 g/mol. The predicted molar refractivity (Wildman–Crippen MR) is 95.9 cm³/mol. The van der Waals surface area contributed by atoms with Crippen molar-refractivity contribution in [2.24, 2.45) is 40.9 Å². The summed E-state index contributed by atoms with van der Waals surface area (Å²) in [4.78, 5) is 51.9. The Kier molecular flexibility index (Phi) is 5.89. The Morgan fingerprint density at radius 3 is 1.41 bits per heavy atom. The summed E-state index contributed by atoms with van der Waals surface area (Å²) >= 11 is 0. The number of aliphatic hydroxyl groups is 1. The fraction of sp³-hybridized carbons (Fsp3) is 0.800. The van der Waals surface area contributed by atoms with Crippen LogP contribution in [0.15, 0.2) is 0 Å². The molecule has 0 heterocycles. The van der Waals surface area contributed by atoms with Gasteiger partial charge >= 0.3 is 23.9 Å². The topological polar surface area (TPSA) is 125 Å². The molecule has 6 unspecified atom stereocenters. The summed E-state index contributed by atoms with van der Waals surface area (Å²) in [5.41, 5.74) is -1.89. The Morgan fingerprint density at radius 1 is 0.724 bits per heavy atom. The van der Waals surface area contributed by atoms with Crippen molar-refractivity contribution in [3.8, 4) is 0 Å². The van der Waals surface area contributed by atoms with Crippen LogP contribution >= 0.6 is 0 Å². The van der Waals surface area contributed by atoms with Crippen molar-refractivity contribution in [3.63, 3.8) is 0 Å². The normalized spacial score (nSPS) is 37.1. The maximum absolute atomic E-state index is 13.2. The average Bonchev–Trinajstić information content (AvgIpc) is 2.98. The Balaban J connectivity index is 2.34. The fourth-order valence-electron chi connectivity index (χ4n) is 6.53. The van der Waals surface area contributed by atoms with Crippen LogP contribution in [0.25, 0.3) is 0 Å². The highest BCUT2D eigenvalue weighted by atomic mass is 16.6. The highest BCUT2D eigenvalue weighted by molar-refractivity contribution is 6.03. The quantitative estimate of drug-likeness (QED) is 0.395. The van der Waals surface area contributed by atoms with E-state index in [9.17, 15) is 24.3 Å². The van der Waals surface area contributed by atoms with E-state index in [4.69, 9.17) is 18.9 Å². The van der Waals surface area contributed by atoms with Gasteiger partial charge < -0.3 is 24.1 Å². The van der Waals surface area contributed by atoms with E-state index in [2.05, 4.69) is 0 Å². The van der Waals surface area contributed by atoms with Crippen LogP contribution in [-0.2, 0) is 38.1 Å². The van der Waals surface area contributed by atoms with Gasteiger partial charge in [0.15, 0.2) is 5.41 Å². The highest BCUT2D eigenvalue weighted by Gasteiger charge is 2.78. The first-order valence-electron chi connectivity index (χ1n) is 9.83. The fourth-order valence-corrected chi connectivity index (χ4v) is 6.53. The van der Waals surface area contributed by atoms with Crippen molar-refractivity contribution in [2.75, 3.05) is 28.4 Å². The summed E-state index contributed by atoms with van der Waals surface area (Å²) in [5, 5.41) is 11.1. The van der Waals surface area contributed by atoms with Gasteiger partial charge in [-0.2, -0.15) is 0 Å². The third-order valence-corrected chi connectivity index (χ3v) is 7.35. The molecule has 0 spiro atoms. The van der Waals surface area contributed by atoms with Gasteiger partial charge in [0.1, 0.15) is 0 Å². The molecular formula is C20H28O9. The molecule has 0 aromatic carbocycles. The highest BCUT2D eigenvalue weighted by Crippen LogP contribution is 2.68. The van der Waals surface area contributed by atoms with Crippen molar-refractivity contribution in [1.82, 2.24) is 0 Å². The largest absolute Gasteiger partial charge is 0.469 e. The van der Waals surface area contributed by atoms with Crippen molar-refractivity contribution < 1.29 is 43.2 Å². The summed E-state index contributed by atoms with van der Waals surface area (Å²) < 4.78 is 19.9. The molecule has 9 nitrogen and oxygen atoms in total. The molecule has 3 aliphatic rings. The summed E-state index contributed by atoms with van der Waals surface area (Å²) in [6.07, 6.45) is 1.59. The van der Waals surface area contributed by atoms with E-state index >= 15 is 0 Å². The van der Waals surface area contributed by atoms with E-state index < -0.39 is 59.1 Å². The minimum atomic E-state index is -1.89. The maximum atomic E-state index is 13.2. The number of esters is 4. The second-order valence-electron chi connectivity index (χ2n) is 8.10. The number of rotatable bonds is 4. The van der Waals surface area contributed by atoms with Gasteiger partial charge in [-0.05, 0) is 24.7 Å². The molecule has 0 aromatic heterocycles. The van der Waals surface area contributed by atoms with E-state index in [0.717, 1.165) is 27.1 Å². The van der Waals surface area contributed by atoms with E-state index in [0.29, 0.717) is 12.8 Å². The van der Waals surface area contributed by atoms with E-state index in [1.807, 2.05) is 0 Å². The second-order valence-corrected chi connectivity index (χ2v) is 8.10. The first-order chi connectivity index (χ1) is 13.8. The molecule has 29 heavy (non-hydrogen) atoms.